The van der Waals surface area contributed by atoms with Gasteiger partial charge in [0.05, 0.1) is 26.2 Å². The SMILES string of the molecule is COC(=O)CCOc1cc(Br)ccc1C(C)O. The molecule has 1 aromatic carbocycles. The monoisotopic (exact) mass is 302 g/mol. The third kappa shape index (κ3) is 4.36. The van der Waals surface area contributed by atoms with E-state index in [9.17, 15) is 9.90 Å². The number of benzene rings is 1. The van der Waals surface area contributed by atoms with Crippen LogP contribution in [0.4, 0.5) is 0 Å². The fraction of sp³-hybridized carbons (Fsp3) is 0.417. The summed E-state index contributed by atoms with van der Waals surface area (Å²) >= 11 is 3.33. The average Bonchev–Trinajstić information content (AvgIpc) is 2.28. The summed E-state index contributed by atoms with van der Waals surface area (Å²) < 4.78 is 10.8. The number of carbonyl (C=O) groups is 1. The quantitative estimate of drug-likeness (QED) is 0.849. The van der Waals surface area contributed by atoms with Gasteiger partial charge in [0.15, 0.2) is 0 Å². The highest BCUT2D eigenvalue weighted by Gasteiger charge is 2.10. The van der Waals surface area contributed by atoms with E-state index in [1.54, 1.807) is 19.1 Å². The summed E-state index contributed by atoms with van der Waals surface area (Å²) in [4.78, 5) is 10.9. The number of hydrogen-bond donors (Lipinski definition) is 1. The lowest BCUT2D eigenvalue weighted by Crippen LogP contribution is -2.09. The number of carbonyl (C=O) groups excluding carboxylic acids is 1. The van der Waals surface area contributed by atoms with Crippen LogP contribution in [0.5, 0.6) is 5.75 Å². The van der Waals surface area contributed by atoms with Gasteiger partial charge in [0.1, 0.15) is 5.75 Å². The van der Waals surface area contributed by atoms with Gasteiger partial charge in [0.25, 0.3) is 0 Å². The Morgan fingerprint density at radius 3 is 2.82 bits per heavy atom. The summed E-state index contributed by atoms with van der Waals surface area (Å²) in [7, 11) is 1.34. The van der Waals surface area contributed by atoms with Gasteiger partial charge in [-0.2, -0.15) is 0 Å². The van der Waals surface area contributed by atoms with Crippen LogP contribution in [-0.4, -0.2) is 24.8 Å². The first-order valence-corrected chi connectivity index (χ1v) is 6.01. The molecular weight excluding hydrogens is 288 g/mol. The van der Waals surface area contributed by atoms with E-state index < -0.39 is 6.10 Å². The highest BCUT2D eigenvalue weighted by Crippen LogP contribution is 2.28. The van der Waals surface area contributed by atoms with Crippen molar-refractivity contribution in [3.05, 3.63) is 28.2 Å². The molecule has 0 heterocycles. The lowest BCUT2D eigenvalue weighted by molar-refractivity contribution is -0.141. The number of ether oxygens (including phenoxy) is 2. The van der Waals surface area contributed by atoms with Crippen LogP contribution in [-0.2, 0) is 9.53 Å². The van der Waals surface area contributed by atoms with Crippen molar-refractivity contribution in [2.45, 2.75) is 19.4 Å². The molecule has 0 radical (unpaired) electrons. The molecule has 0 saturated carbocycles. The van der Waals surface area contributed by atoms with Gasteiger partial charge < -0.3 is 14.6 Å². The van der Waals surface area contributed by atoms with Crippen LogP contribution in [0, 0.1) is 0 Å². The summed E-state index contributed by atoms with van der Waals surface area (Å²) in [5, 5.41) is 9.56. The molecule has 0 fully saturated rings. The first-order valence-electron chi connectivity index (χ1n) is 5.21. The van der Waals surface area contributed by atoms with E-state index in [0.29, 0.717) is 11.3 Å². The average molecular weight is 303 g/mol. The zero-order valence-electron chi connectivity index (χ0n) is 9.77. The predicted molar refractivity (Wildman–Crippen MR) is 66.9 cm³/mol. The Bertz CT molecular complexity index is 390. The van der Waals surface area contributed by atoms with E-state index in [-0.39, 0.29) is 19.0 Å². The molecule has 0 saturated heterocycles. The molecule has 94 valence electrons. The zero-order chi connectivity index (χ0) is 12.8. The molecule has 0 aliphatic heterocycles. The Hall–Kier alpha value is -1.07. The van der Waals surface area contributed by atoms with Crippen LogP contribution >= 0.6 is 15.9 Å². The van der Waals surface area contributed by atoms with Crippen molar-refractivity contribution >= 4 is 21.9 Å². The highest BCUT2D eigenvalue weighted by atomic mass is 79.9. The van der Waals surface area contributed by atoms with Crippen LogP contribution < -0.4 is 4.74 Å². The second kappa shape index (κ2) is 6.61. The molecule has 1 N–H and O–H groups in total. The van der Waals surface area contributed by atoms with E-state index in [4.69, 9.17) is 4.74 Å². The van der Waals surface area contributed by atoms with E-state index in [2.05, 4.69) is 20.7 Å². The van der Waals surface area contributed by atoms with Gasteiger partial charge in [-0.15, -0.1) is 0 Å². The van der Waals surface area contributed by atoms with E-state index >= 15 is 0 Å². The molecule has 0 amide bonds. The van der Waals surface area contributed by atoms with Crippen molar-refractivity contribution in [3.63, 3.8) is 0 Å². The van der Waals surface area contributed by atoms with E-state index in [1.807, 2.05) is 6.07 Å². The summed E-state index contributed by atoms with van der Waals surface area (Å²) in [6, 6.07) is 5.37. The first-order chi connectivity index (χ1) is 8.04. The second-order valence-corrected chi connectivity index (χ2v) is 4.45. The van der Waals surface area contributed by atoms with Gasteiger partial charge in [0.2, 0.25) is 0 Å². The van der Waals surface area contributed by atoms with Crippen molar-refractivity contribution in [1.29, 1.82) is 0 Å². The standard InChI is InChI=1S/C12H15BrO4/c1-8(14)10-4-3-9(13)7-11(10)17-6-5-12(15)16-2/h3-4,7-8,14H,5-6H2,1-2H3. The van der Waals surface area contributed by atoms with E-state index in [0.717, 1.165) is 4.47 Å². The Balaban J connectivity index is 2.68. The predicted octanol–water partition coefficient (Wildman–Crippen LogP) is 2.44. The maximum Gasteiger partial charge on any atom is 0.308 e. The minimum atomic E-state index is -0.615. The number of halogens is 1. The maximum absolute atomic E-state index is 10.9. The largest absolute Gasteiger partial charge is 0.493 e. The van der Waals surface area contributed by atoms with Gasteiger partial charge in [-0.05, 0) is 19.1 Å². The normalized spacial score (nSPS) is 12.0. The minimum Gasteiger partial charge on any atom is -0.493 e. The van der Waals surface area contributed by atoms with Crippen molar-refractivity contribution in [1.82, 2.24) is 0 Å². The highest BCUT2D eigenvalue weighted by molar-refractivity contribution is 9.10. The van der Waals surface area contributed by atoms with Crippen molar-refractivity contribution < 1.29 is 19.4 Å². The first kappa shape index (κ1) is 14.0. The van der Waals surface area contributed by atoms with Crippen molar-refractivity contribution in [2.75, 3.05) is 13.7 Å². The molecular formula is C12H15BrO4. The molecule has 0 aliphatic carbocycles. The third-order valence-corrected chi connectivity index (χ3v) is 2.71. The van der Waals surface area contributed by atoms with Crippen LogP contribution in [0.1, 0.15) is 25.0 Å². The lowest BCUT2D eigenvalue weighted by Gasteiger charge is -2.13. The number of rotatable bonds is 5. The smallest absolute Gasteiger partial charge is 0.308 e. The summed E-state index contributed by atoms with van der Waals surface area (Å²) in [5.74, 6) is 0.247. The Kier molecular flexibility index (Phi) is 5.44. The zero-order valence-corrected chi connectivity index (χ0v) is 11.4. The number of esters is 1. The fourth-order valence-corrected chi connectivity index (χ4v) is 1.66. The van der Waals surface area contributed by atoms with Gasteiger partial charge in [0, 0.05) is 10.0 Å². The molecule has 1 atom stereocenters. The molecule has 0 bridgehead atoms. The molecule has 0 aromatic heterocycles. The minimum absolute atomic E-state index is 0.183. The molecule has 1 rings (SSSR count). The molecule has 4 nitrogen and oxygen atoms in total. The van der Waals surface area contributed by atoms with E-state index in [1.165, 1.54) is 7.11 Å². The van der Waals surface area contributed by atoms with Crippen molar-refractivity contribution in [3.8, 4) is 5.75 Å². The number of aliphatic hydroxyl groups excluding tert-OH is 1. The molecule has 17 heavy (non-hydrogen) atoms. The van der Waals surface area contributed by atoms with Crippen molar-refractivity contribution in [2.24, 2.45) is 0 Å². The van der Waals surface area contributed by atoms with Crippen LogP contribution in [0.2, 0.25) is 0 Å². The second-order valence-electron chi connectivity index (χ2n) is 3.53. The fourth-order valence-electron chi connectivity index (χ4n) is 1.32. The van der Waals surface area contributed by atoms with Gasteiger partial charge >= 0.3 is 5.97 Å². The summed E-state index contributed by atoms with van der Waals surface area (Å²) in [6.07, 6.45) is -0.432. The third-order valence-electron chi connectivity index (χ3n) is 2.22. The van der Waals surface area contributed by atoms with Gasteiger partial charge in [-0.1, -0.05) is 22.0 Å². The Morgan fingerprint density at radius 2 is 2.24 bits per heavy atom. The number of methoxy groups -OCH3 is 1. The summed E-state index contributed by atoms with van der Waals surface area (Å²) in [5.41, 5.74) is 0.693. The van der Waals surface area contributed by atoms with Crippen LogP contribution in [0.3, 0.4) is 0 Å². The topological polar surface area (TPSA) is 55.8 Å². The molecule has 0 spiro atoms. The molecule has 5 heteroatoms. The molecule has 1 aromatic rings. The maximum atomic E-state index is 10.9. The van der Waals surface area contributed by atoms with Crippen LogP contribution in [0.25, 0.3) is 0 Å². The lowest BCUT2D eigenvalue weighted by atomic mass is 10.1. The summed E-state index contributed by atoms with van der Waals surface area (Å²) in [6.45, 7) is 1.89. The van der Waals surface area contributed by atoms with Gasteiger partial charge in [-0.25, -0.2) is 0 Å². The Labute approximate surface area is 109 Å². The Morgan fingerprint density at radius 1 is 1.53 bits per heavy atom. The van der Waals surface area contributed by atoms with Crippen LogP contribution in [0.15, 0.2) is 22.7 Å². The molecule has 0 aliphatic rings. The number of aliphatic hydroxyl groups is 1. The van der Waals surface area contributed by atoms with Gasteiger partial charge in [-0.3, -0.25) is 4.79 Å². The number of hydrogen-bond acceptors (Lipinski definition) is 4. The molecule has 1 unspecified atom stereocenters.